The molecule has 0 fully saturated rings. The predicted molar refractivity (Wildman–Crippen MR) is 231 cm³/mol. The molecule has 0 aliphatic heterocycles. The molecule has 0 saturated heterocycles. The average Bonchev–Trinajstić information content (AvgIpc) is 3.67. The summed E-state index contributed by atoms with van der Waals surface area (Å²) in [6, 6.07) is 59.2. The Hall–Kier alpha value is -5.70. The zero-order valence-corrected chi connectivity index (χ0v) is 31.7. The number of hydrogen-bond acceptors (Lipinski definition) is 2. The van der Waals surface area contributed by atoms with Crippen LogP contribution in [0, 0.1) is 0 Å². The van der Waals surface area contributed by atoms with Crippen LogP contribution in [0.25, 0.3) is 64.0 Å². The van der Waals surface area contributed by atoms with Crippen LogP contribution >= 0.6 is 11.3 Å². The lowest BCUT2D eigenvalue weighted by Crippen LogP contribution is -2.16. The van der Waals surface area contributed by atoms with Crippen LogP contribution < -0.4 is 4.90 Å². The third-order valence-electron chi connectivity index (χ3n) is 11.6. The summed E-state index contributed by atoms with van der Waals surface area (Å²) in [7, 11) is 0. The van der Waals surface area contributed by atoms with Crippen LogP contribution in [-0.4, -0.2) is 0 Å². The molecule has 0 radical (unpaired) electrons. The molecule has 1 nitrogen and oxygen atoms in total. The van der Waals surface area contributed by atoms with Crippen LogP contribution in [0.1, 0.15) is 51.3 Å². The molecule has 8 aromatic carbocycles. The van der Waals surface area contributed by atoms with E-state index in [-0.39, 0.29) is 10.8 Å². The number of benzene rings is 8. The molecule has 53 heavy (non-hydrogen) atoms. The Morgan fingerprint density at radius 1 is 0.509 bits per heavy atom. The Bertz CT molecular complexity index is 2900. The first-order valence-electron chi connectivity index (χ1n) is 18.7. The van der Waals surface area contributed by atoms with Gasteiger partial charge in [-0.1, -0.05) is 150 Å². The molecule has 0 bridgehead atoms. The summed E-state index contributed by atoms with van der Waals surface area (Å²) in [5.74, 6) is 0. The maximum Gasteiger partial charge on any atom is 0.0546 e. The first-order valence-corrected chi connectivity index (χ1v) is 19.5. The molecule has 9 aromatic rings. The van der Waals surface area contributed by atoms with E-state index in [0.29, 0.717) is 0 Å². The van der Waals surface area contributed by atoms with E-state index in [1.54, 1.807) is 0 Å². The van der Waals surface area contributed by atoms with Crippen molar-refractivity contribution < 1.29 is 0 Å². The lowest BCUT2D eigenvalue weighted by Gasteiger charge is -2.30. The summed E-state index contributed by atoms with van der Waals surface area (Å²) in [5, 5.41) is 7.77. The third-order valence-corrected chi connectivity index (χ3v) is 12.7. The second-order valence-corrected chi connectivity index (χ2v) is 17.2. The molecule has 0 spiro atoms. The van der Waals surface area contributed by atoms with Crippen LogP contribution in [0.3, 0.4) is 0 Å². The fraction of sp³-hybridized carbons (Fsp3) is 0.137. The van der Waals surface area contributed by atoms with E-state index in [1.165, 1.54) is 86.3 Å². The monoisotopic (exact) mass is 699 g/mol. The highest BCUT2D eigenvalue weighted by molar-refractivity contribution is 7.25. The zero-order valence-electron chi connectivity index (χ0n) is 30.9. The molecule has 10 rings (SSSR count). The van der Waals surface area contributed by atoms with E-state index in [2.05, 4.69) is 197 Å². The van der Waals surface area contributed by atoms with Gasteiger partial charge < -0.3 is 4.90 Å². The van der Waals surface area contributed by atoms with Gasteiger partial charge in [0.15, 0.2) is 0 Å². The summed E-state index contributed by atoms with van der Waals surface area (Å²) in [6.07, 6.45) is 0. The summed E-state index contributed by atoms with van der Waals surface area (Å²) in [5.41, 5.74) is 12.7. The molecule has 0 unspecified atom stereocenters. The van der Waals surface area contributed by atoms with Gasteiger partial charge in [0.2, 0.25) is 0 Å². The molecule has 0 saturated carbocycles. The van der Waals surface area contributed by atoms with Crippen molar-refractivity contribution in [2.45, 2.75) is 45.4 Å². The van der Waals surface area contributed by atoms with E-state index in [9.17, 15) is 0 Å². The Morgan fingerprint density at radius 2 is 1.15 bits per heavy atom. The Kier molecular flexibility index (Phi) is 7.03. The zero-order chi connectivity index (χ0) is 36.1. The number of thiophene rings is 1. The smallest absolute Gasteiger partial charge is 0.0546 e. The molecule has 1 aromatic heterocycles. The summed E-state index contributed by atoms with van der Waals surface area (Å²) < 4.78 is 2.63. The van der Waals surface area contributed by atoms with Crippen molar-refractivity contribution in [1.82, 2.24) is 0 Å². The Balaban J connectivity index is 1.28. The quantitative estimate of drug-likeness (QED) is 0.177. The van der Waals surface area contributed by atoms with Crippen LogP contribution in [0.15, 0.2) is 158 Å². The first kappa shape index (κ1) is 32.0. The number of rotatable bonds is 4. The highest BCUT2D eigenvalue weighted by Gasteiger charge is 2.37. The van der Waals surface area contributed by atoms with Gasteiger partial charge in [-0.05, 0) is 103 Å². The van der Waals surface area contributed by atoms with Crippen molar-refractivity contribution in [1.29, 1.82) is 0 Å². The highest BCUT2D eigenvalue weighted by atomic mass is 32.1. The van der Waals surface area contributed by atoms with E-state index >= 15 is 0 Å². The van der Waals surface area contributed by atoms with Crippen molar-refractivity contribution in [2.24, 2.45) is 0 Å². The van der Waals surface area contributed by atoms with Crippen molar-refractivity contribution >= 4 is 70.1 Å². The molecule has 1 aliphatic rings. The number of anilines is 3. The van der Waals surface area contributed by atoms with Crippen molar-refractivity contribution in [3.8, 4) is 22.3 Å². The van der Waals surface area contributed by atoms with E-state index in [1.807, 2.05) is 11.3 Å². The standard InChI is InChI=1S/C51H41NS/c1-50(2,3)34-23-25-35(26-24-34)52(36-27-29-43-42(31-36)39-28-21-33-14-7-9-16-38(33)49(39)51(43,4)5)44-30-22-32-13-6-8-15-37(32)47(44)41-18-12-20-46-48(41)40-17-10-11-19-45(40)53-46/h6-31H,1-5H3. The topological polar surface area (TPSA) is 3.24 Å². The SMILES string of the molecule is CC(C)(C)c1ccc(N(c2ccc3c(c2)-c2ccc4ccccc4c2C3(C)C)c2ccc3ccccc3c2-c2cccc3sc4ccccc4c23)cc1. The fourth-order valence-electron chi connectivity index (χ4n) is 8.99. The summed E-state index contributed by atoms with van der Waals surface area (Å²) >= 11 is 1.88. The molecule has 1 heterocycles. The first-order chi connectivity index (χ1) is 25.7. The van der Waals surface area contributed by atoms with Crippen LogP contribution in [0.4, 0.5) is 17.1 Å². The van der Waals surface area contributed by atoms with Gasteiger partial charge in [-0.2, -0.15) is 0 Å². The maximum atomic E-state index is 2.51. The Labute approximate surface area is 315 Å². The van der Waals surface area contributed by atoms with Gasteiger partial charge in [0.05, 0.1) is 5.69 Å². The van der Waals surface area contributed by atoms with Gasteiger partial charge in [0, 0.05) is 42.5 Å². The molecule has 2 heteroatoms. The Morgan fingerprint density at radius 3 is 1.92 bits per heavy atom. The minimum Gasteiger partial charge on any atom is -0.310 e. The number of hydrogen-bond donors (Lipinski definition) is 0. The van der Waals surface area contributed by atoms with E-state index < -0.39 is 0 Å². The van der Waals surface area contributed by atoms with Crippen LogP contribution in [0.2, 0.25) is 0 Å². The molecule has 0 atom stereocenters. The largest absolute Gasteiger partial charge is 0.310 e. The van der Waals surface area contributed by atoms with Crippen LogP contribution in [0.5, 0.6) is 0 Å². The maximum absolute atomic E-state index is 2.51. The predicted octanol–water partition coefficient (Wildman–Crippen LogP) is 15.1. The summed E-state index contributed by atoms with van der Waals surface area (Å²) in [6.45, 7) is 11.6. The molecular weight excluding hydrogens is 659 g/mol. The molecule has 0 amide bonds. The van der Waals surface area contributed by atoms with E-state index in [0.717, 1.165) is 11.4 Å². The van der Waals surface area contributed by atoms with Gasteiger partial charge in [-0.15, -0.1) is 11.3 Å². The van der Waals surface area contributed by atoms with Gasteiger partial charge in [0.25, 0.3) is 0 Å². The minimum atomic E-state index is -0.118. The third kappa shape index (κ3) is 4.89. The van der Waals surface area contributed by atoms with Gasteiger partial charge in [-0.3, -0.25) is 0 Å². The molecule has 1 aliphatic carbocycles. The molecular formula is C51H41NS. The van der Waals surface area contributed by atoms with Crippen molar-refractivity contribution in [2.75, 3.05) is 4.90 Å². The molecule has 0 N–H and O–H groups in total. The van der Waals surface area contributed by atoms with Gasteiger partial charge in [-0.25, -0.2) is 0 Å². The van der Waals surface area contributed by atoms with E-state index in [4.69, 9.17) is 0 Å². The second kappa shape index (κ2) is 11.7. The minimum absolute atomic E-state index is 0.0543. The van der Waals surface area contributed by atoms with Crippen molar-refractivity contribution in [3.05, 3.63) is 174 Å². The number of nitrogens with zero attached hydrogens (tertiary/aromatic N) is 1. The average molecular weight is 700 g/mol. The lowest BCUT2D eigenvalue weighted by atomic mass is 9.80. The van der Waals surface area contributed by atoms with Gasteiger partial charge >= 0.3 is 0 Å². The number of fused-ring (bicyclic) bond motifs is 9. The van der Waals surface area contributed by atoms with Gasteiger partial charge in [0.1, 0.15) is 0 Å². The van der Waals surface area contributed by atoms with Crippen LogP contribution in [-0.2, 0) is 10.8 Å². The normalized spacial score (nSPS) is 13.5. The summed E-state index contributed by atoms with van der Waals surface area (Å²) in [4.78, 5) is 2.51. The lowest BCUT2D eigenvalue weighted by molar-refractivity contribution is 0.590. The fourth-order valence-corrected chi connectivity index (χ4v) is 10.1. The molecule has 256 valence electrons. The second-order valence-electron chi connectivity index (χ2n) is 16.2. The van der Waals surface area contributed by atoms with Crippen molar-refractivity contribution in [3.63, 3.8) is 0 Å². The highest BCUT2D eigenvalue weighted by Crippen LogP contribution is 2.54.